The molecule has 1 aromatic heterocycles. The molecule has 0 aliphatic rings. The van der Waals surface area contributed by atoms with Crippen molar-refractivity contribution in [2.75, 3.05) is 5.32 Å². The van der Waals surface area contributed by atoms with Crippen molar-refractivity contribution in [3.05, 3.63) is 65.7 Å². The number of hydrogen-bond donors (Lipinski definition) is 1. The number of ether oxygens (including phenoxy) is 2. The van der Waals surface area contributed by atoms with E-state index in [1.165, 1.54) is 35.3 Å². The van der Waals surface area contributed by atoms with Gasteiger partial charge in [0.15, 0.2) is 5.82 Å². The van der Waals surface area contributed by atoms with E-state index in [1.54, 1.807) is 32.9 Å². The van der Waals surface area contributed by atoms with E-state index >= 15 is 0 Å². The van der Waals surface area contributed by atoms with Crippen LogP contribution in [-0.2, 0) is 4.74 Å². The average Bonchev–Trinajstić information content (AvgIpc) is 3.14. The third-order valence-corrected chi connectivity index (χ3v) is 4.17. The lowest BCUT2D eigenvalue weighted by Gasteiger charge is -2.19. The summed E-state index contributed by atoms with van der Waals surface area (Å²) in [6.07, 6.45) is -0.277. The molecule has 3 aromatic rings. The highest BCUT2D eigenvalue weighted by molar-refractivity contribution is 5.85. The normalized spacial score (nSPS) is 12.1. The van der Waals surface area contributed by atoms with Crippen LogP contribution in [-0.4, -0.2) is 32.8 Å². The molecule has 0 bridgehead atoms. The summed E-state index contributed by atoms with van der Waals surface area (Å²) in [6.45, 7) is 7.27. The van der Waals surface area contributed by atoms with E-state index in [-0.39, 0.29) is 5.75 Å². The predicted octanol–water partition coefficient (Wildman–Crippen LogP) is 5.99. The van der Waals surface area contributed by atoms with Crippen LogP contribution in [0.15, 0.2) is 48.8 Å². The smallest absolute Gasteiger partial charge is 0.444 e. The van der Waals surface area contributed by atoms with Gasteiger partial charge in [0, 0.05) is 5.69 Å². The van der Waals surface area contributed by atoms with E-state index in [9.17, 15) is 18.0 Å². The monoisotopic (exact) mass is 460 g/mol. The number of carbonyl (C=O) groups is 1. The highest BCUT2D eigenvalue weighted by atomic mass is 19.4. The summed E-state index contributed by atoms with van der Waals surface area (Å²) in [4.78, 5) is 16.1. The van der Waals surface area contributed by atoms with Crippen molar-refractivity contribution in [3.63, 3.8) is 0 Å². The standard InChI is InChI=1S/C23H23F3N4O3/c1-15-13-17(28-21(31)33-22(2,3)4)7-5-16(15)6-12-20-27-14-30(29-20)18-8-10-19(11-9-18)32-23(24,25)26/h5-14H,1-4H3,(H,28,31). The Morgan fingerprint density at radius 3 is 2.36 bits per heavy atom. The molecule has 7 nitrogen and oxygen atoms in total. The summed E-state index contributed by atoms with van der Waals surface area (Å²) < 4.78 is 47.4. The van der Waals surface area contributed by atoms with Gasteiger partial charge >= 0.3 is 12.5 Å². The zero-order valence-corrected chi connectivity index (χ0v) is 18.5. The number of rotatable bonds is 5. The number of aromatic nitrogens is 3. The number of hydrogen-bond acceptors (Lipinski definition) is 5. The maximum atomic E-state index is 12.3. The lowest BCUT2D eigenvalue weighted by Crippen LogP contribution is -2.27. The van der Waals surface area contributed by atoms with Crippen molar-refractivity contribution >= 4 is 23.9 Å². The van der Waals surface area contributed by atoms with E-state index in [0.717, 1.165) is 11.1 Å². The molecule has 1 amide bonds. The van der Waals surface area contributed by atoms with Gasteiger partial charge in [-0.25, -0.2) is 14.5 Å². The molecule has 1 N–H and O–H groups in total. The molecule has 0 aliphatic heterocycles. The molecular formula is C23H23F3N4O3. The van der Waals surface area contributed by atoms with Gasteiger partial charge in [0.1, 0.15) is 17.7 Å². The first-order chi connectivity index (χ1) is 15.4. The number of nitrogens with zero attached hydrogens (tertiary/aromatic N) is 3. The van der Waals surface area contributed by atoms with Crippen molar-refractivity contribution in [1.29, 1.82) is 0 Å². The second-order valence-corrected chi connectivity index (χ2v) is 8.12. The van der Waals surface area contributed by atoms with E-state index in [1.807, 2.05) is 25.1 Å². The van der Waals surface area contributed by atoms with Crippen LogP contribution in [0.3, 0.4) is 0 Å². The number of benzene rings is 2. The Morgan fingerprint density at radius 1 is 1.06 bits per heavy atom. The molecule has 3 rings (SSSR count). The zero-order valence-electron chi connectivity index (χ0n) is 18.5. The lowest BCUT2D eigenvalue weighted by atomic mass is 10.1. The molecule has 0 fully saturated rings. The molecule has 174 valence electrons. The lowest BCUT2D eigenvalue weighted by molar-refractivity contribution is -0.274. The Morgan fingerprint density at radius 2 is 1.76 bits per heavy atom. The Kier molecular flexibility index (Phi) is 6.75. The van der Waals surface area contributed by atoms with Crippen LogP contribution >= 0.6 is 0 Å². The summed E-state index contributed by atoms with van der Waals surface area (Å²) in [7, 11) is 0. The van der Waals surface area contributed by atoms with Gasteiger partial charge in [0.25, 0.3) is 0 Å². The summed E-state index contributed by atoms with van der Waals surface area (Å²) >= 11 is 0. The van der Waals surface area contributed by atoms with Crippen LogP contribution in [0.25, 0.3) is 17.8 Å². The van der Waals surface area contributed by atoms with E-state index in [0.29, 0.717) is 17.2 Å². The minimum absolute atomic E-state index is 0.313. The number of anilines is 1. The molecule has 10 heteroatoms. The highest BCUT2D eigenvalue weighted by Gasteiger charge is 2.31. The van der Waals surface area contributed by atoms with Gasteiger partial charge in [-0.05, 0) is 81.3 Å². The molecule has 0 saturated carbocycles. The second kappa shape index (κ2) is 9.35. The van der Waals surface area contributed by atoms with E-state index in [2.05, 4.69) is 20.1 Å². The minimum Gasteiger partial charge on any atom is -0.444 e. The molecule has 0 aliphatic carbocycles. The molecule has 1 heterocycles. The van der Waals surface area contributed by atoms with Crippen molar-refractivity contribution in [2.24, 2.45) is 0 Å². The average molecular weight is 460 g/mol. The van der Waals surface area contributed by atoms with Crippen LogP contribution in [0, 0.1) is 6.92 Å². The quantitative estimate of drug-likeness (QED) is 0.506. The third-order valence-electron chi connectivity index (χ3n) is 4.17. The fourth-order valence-electron chi connectivity index (χ4n) is 2.80. The van der Waals surface area contributed by atoms with Crippen molar-refractivity contribution in [3.8, 4) is 11.4 Å². The zero-order chi connectivity index (χ0) is 24.2. The molecule has 0 unspecified atom stereocenters. The first-order valence-corrected chi connectivity index (χ1v) is 9.94. The summed E-state index contributed by atoms with van der Waals surface area (Å²) in [5.74, 6) is 0.104. The summed E-state index contributed by atoms with van der Waals surface area (Å²) in [5, 5.41) is 7.00. The van der Waals surface area contributed by atoms with Crippen molar-refractivity contribution < 1.29 is 27.4 Å². The van der Waals surface area contributed by atoms with Crippen LogP contribution in [0.5, 0.6) is 5.75 Å². The number of halogens is 3. The molecular weight excluding hydrogens is 437 g/mol. The number of carbonyl (C=O) groups excluding carboxylic acids is 1. The Balaban J connectivity index is 1.65. The highest BCUT2D eigenvalue weighted by Crippen LogP contribution is 2.23. The Hall–Kier alpha value is -3.82. The van der Waals surface area contributed by atoms with Crippen LogP contribution in [0.1, 0.15) is 37.7 Å². The van der Waals surface area contributed by atoms with Crippen LogP contribution in [0.2, 0.25) is 0 Å². The maximum absolute atomic E-state index is 12.3. The van der Waals surface area contributed by atoms with Gasteiger partial charge < -0.3 is 9.47 Å². The molecule has 0 atom stereocenters. The molecule has 0 spiro atoms. The van der Waals surface area contributed by atoms with Gasteiger partial charge in [0.2, 0.25) is 0 Å². The number of amides is 1. The van der Waals surface area contributed by atoms with Crippen LogP contribution < -0.4 is 10.1 Å². The summed E-state index contributed by atoms with van der Waals surface area (Å²) in [6, 6.07) is 10.7. The topological polar surface area (TPSA) is 78.3 Å². The fourth-order valence-corrected chi connectivity index (χ4v) is 2.80. The number of alkyl halides is 3. The number of aryl methyl sites for hydroxylation is 1. The number of nitrogens with one attached hydrogen (secondary N) is 1. The Bertz CT molecular complexity index is 1150. The minimum atomic E-state index is -4.74. The van der Waals surface area contributed by atoms with Gasteiger partial charge in [-0.2, -0.15) is 0 Å². The molecule has 0 saturated heterocycles. The fraction of sp³-hybridized carbons (Fsp3) is 0.261. The first kappa shape index (κ1) is 23.8. The largest absolute Gasteiger partial charge is 0.573 e. The first-order valence-electron chi connectivity index (χ1n) is 9.94. The van der Waals surface area contributed by atoms with Crippen molar-refractivity contribution in [1.82, 2.24) is 14.8 Å². The summed E-state index contributed by atoms with van der Waals surface area (Å²) in [5.41, 5.74) is 2.37. The second-order valence-electron chi connectivity index (χ2n) is 8.12. The SMILES string of the molecule is Cc1cc(NC(=O)OC(C)(C)C)ccc1C=Cc1ncn(-c2ccc(OC(F)(F)F)cc2)n1. The predicted molar refractivity (Wildman–Crippen MR) is 118 cm³/mol. The van der Waals surface area contributed by atoms with E-state index < -0.39 is 18.1 Å². The molecule has 2 aromatic carbocycles. The van der Waals surface area contributed by atoms with Crippen molar-refractivity contribution in [2.45, 2.75) is 39.7 Å². The van der Waals surface area contributed by atoms with Gasteiger partial charge in [0.05, 0.1) is 5.69 Å². The molecule has 33 heavy (non-hydrogen) atoms. The van der Waals surface area contributed by atoms with E-state index in [4.69, 9.17) is 4.74 Å². The van der Waals surface area contributed by atoms with Gasteiger partial charge in [-0.3, -0.25) is 5.32 Å². The van der Waals surface area contributed by atoms with Gasteiger partial charge in [-0.1, -0.05) is 12.1 Å². The third kappa shape index (κ3) is 7.37. The van der Waals surface area contributed by atoms with Crippen LogP contribution in [0.4, 0.5) is 23.7 Å². The maximum Gasteiger partial charge on any atom is 0.573 e. The Labute approximate surface area is 188 Å². The molecule has 0 radical (unpaired) electrons. The van der Waals surface area contributed by atoms with Gasteiger partial charge in [-0.15, -0.1) is 18.3 Å².